The lowest BCUT2D eigenvalue weighted by molar-refractivity contribution is -0.120. The third-order valence-corrected chi connectivity index (χ3v) is 4.41. The summed E-state index contributed by atoms with van der Waals surface area (Å²) in [6, 6.07) is 6.85. The number of nitrogens with one attached hydrogen (secondary N) is 2. The van der Waals surface area contributed by atoms with E-state index >= 15 is 0 Å². The van der Waals surface area contributed by atoms with E-state index in [-0.39, 0.29) is 36.1 Å². The van der Waals surface area contributed by atoms with Crippen LogP contribution in [0.3, 0.4) is 0 Å². The van der Waals surface area contributed by atoms with E-state index in [0.717, 1.165) is 5.52 Å². The van der Waals surface area contributed by atoms with Crippen LogP contribution < -0.4 is 10.6 Å². The SMILES string of the molecule is CC(=O)N[C@H]1CO[C@H]2[C@@H]1OC[C@@H]2NC(=O)c1ccc2cccnn12. The van der Waals surface area contributed by atoms with Crippen molar-refractivity contribution in [2.24, 2.45) is 0 Å². The molecule has 24 heavy (non-hydrogen) atoms. The summed E-state index contributed by atoms with van der Waals surface area (Å²) in [4.78, 5) is 23.8. The Kier molecular flexibility index (Phi) is 3.70. The second kappa shape index (κ2) is 5.88. The molecule has 0 saturated carbocycles. The Morgan fingerprint density at radius 2 is 1.83 bits per heavy atom. The number of carbonyl (C=O) groups is 2. The van der Waals surface area contributed by atoms with Gasteiger partial charge in [0.25, 0.3) is 5.91 Å². The molecule has 0 radical (unpaired) electrons. The molecule has 2 N–H and O–H groups in total. The van der Waals surface area contributed by atoms with Gasteiger partial charge < -0.3 is 20.1 Å². The van der Waals surface area contributed by atoms with Crippen molar-refractivity contribution in [3.05, 3.63) is 36.2 Å². The van der Waals surface area contributed by atoms with Gasteiger partial charge in [-0.05, 0) is 24.3 Å². The molecule has 2 amide bonds. The largest absolute Gasteiger partial charge is 0.371 e. The van der Waals surface area contributed by atoms with Crippen LogP contribution in [0.5, 0.6) is 0 Å². The van der Waals surface area contributed by atoms with Crippen LogP contribution in [0.4, 0.5) is 0 Å². The van der Waals surface area contributed by atoms with Crippen molar-refractivity contribution in [1.29, 1.82) is 0 Å². The number of carbonyl (C=O) groups excluding carboxylic acids is 2. The highest BCUT2D eigenvalue weighted by molar-refractivity contribution is 5.94. The molecule has 0 bridgehead atoms. The van der Waals surface area contributed by atoms with Gasteiger partial charge in [0.05, 0.1) is 30.8 Å². The van der Waals surface area contributed by atoms with Crippen LogP contribution in [0.15, 0.2) is 30.5 Å². The van der Waals surface area contributed by atoms with Gasteiger partial charge in [0.15, 0.2) is 0 Å². The van der Waals surface area contributed by atoms with Crippen LogP contribution in [-0.4, -0.2) is 58.9 Å². The molecule has 4 atom stereocenters. The fourth-order valence-corrected chi connectivity index (χ4v) is 3.37. The van der Waals surface area contributed by atoms with Gasteiger partial charge in [-0.2, -0.15) is 5.10 Å². The Morgan fingerprint density at radius 3 is 2.54 bits per heavy atom. The summed E-state index contributed by atoms with van der Waals surface area (Å²) in [5.41, 5.74) is 1.32. The lowest BCUT2D eigenvalue weighted by Crippen LogP contribution is -2.46. The number of nitrogens with zero attached hydrogens (tertiary/aromatic N) is 2. The molecular formula is C16H18N4O4. The lowest BCUT2D eigenvalue weighted by Gasteiger charge is -2.18. The molecule has 0 spiro atoms. The summed E-state index contributed by atoms with van der Waals surface area (Å²) < 4.78 is 13.1. The molecular weight excluding hydrogens is 312 g/mol. The first-order valence-corrected chi connectivity index (χ1v) is 7.87. The monoisotopic (exact) mass is 330 g/mol. The number of ether oxygens (including phenoxy) is 2. The fraction of sp³-hybridized carbons (Fsp3) is 0.438. The van der Waals surface area contributed by atoms with Crippen molar-refractivity contribution in [3.63, 3.8) is 0 Å². The lowest BCUT2D eigenvalue weighted by atomic mass is 10.1. The standard InChI is InChI=1S/C16H18N4O4/c1-9(21)18-11-7-23-15-12(8-24-14(11)15)19-16(22)13-5-4-10-3-2-6-17-20(10)13/h2-6,11-12,14-15H,7-8H2,1H3,(H,18,21)(H,19,22)/t11-,12-,14+,15+/m0/s1. The van der Waals surface area contributed by atoms with Gasteiger partial charge in [0.1, 0.15) is 17.9 Å². The third-order valence-electron chi connectivity index (χ3n) is 4.41. The first-order chi connectivity index (χ1) is 11.6. The van der Waals surface area contributed by atoms with Crippen molar-refractivity contribution < 1.29 is 19.1 Å². The van der Waals surface area contributed by atoms with Crippen LogP contribution in [0.25, 0.3) is 5.52 Å². The van der Waals surface area contributed by atoms with Crippen molar-refractivity contribution in [2.75, 3.05) is 13.2 Å². The molecule has 2 aliphatic heterocycles. The molecule has 0 aromatic carbocycles. The number of fused-ring (bicyclic) bond motifs is 2. The molecule has 2 fully saturated rings. The minimum atomic E-state index is -0.259. The van der Waals surface area contributed by atoms with Gasteiger partial charge in [-0.15, -0.1) is 0 Å². The second-order valence-electron chi connectivity index (χ2n) is 6.06. The van der Waals surface area contributed by atoms with E-state index in [2.05, 4.69) is 15.7 Å². The van der Waals surface area contributed by atoms with Crippen molar-refractivity contribution in [3.8, 4) is 0 Å². The van der Waals surface area contributed by atoms with E-state index in [4.69, 9.17) is 9.47 Å². The summed E-state index contributed by atoms with van der Waals surface area (Å²) in [6.45, 7) is 2.21. The predicted octanol–water partition coefficient (Wildman–Crippen LogP) is -0.265. The average Bonchev–Trinajstić information content (AvgIpc) is 3.24. The maximum Gasteiger partial charge on any atom is 0.270 e. The normalized spacial score (nSPS) is 28.7. The Hall–Kier alpha value is -2.45. The van der Waals surface area contributed by atoms with Crippen LogP contribution >= 0.6 is 0 Å². The fourth-order valence-electron chi connectivity index (χ4n) is 3.37. The van der Waals surface area contributed by atoms with E-state index in [1.807, 2.05) is 18.2 Å². The van der Waals surface area contributed by atoms with Crippen molar-refractivity contribution >= 4 is 17.3 Å². The zero-order valence-electron chi connectivity index (χ0n) is 13.1. The van der Waals surface area contributed by atoms with Crippen LogP contribution in [-0.2, 0) is 14.3 Å². The van der Waals surface area contributed by atoms with Gasteiger partial charge >= 0.3 is 0 Å². The molecule has 0 unspecified atom stereocenters. The average molecular weight is 330 g/mol. The molecule has 0 aliphatic carbocycles. The van der Waals surface area contributed by atoms with E-state index in [1.54, 1.807) is 16.8 Å². The summed E-state index contributed by atoms with van der Waals surface area (Å²) in [7, 11) is 0. The maximum atomic E-state index is 12.6. The minimum Gasteiger partial charge on any atom is -0.371 e. The van der Waals surface area contributed by atoms with E-state index in [9.17, 15) is 9.59 Å². The quantitative estimate of drug-likeness (QED) is 0.808. The first-order valence-electron chi connectivity index (χ1n) is 7.87. The molecule has 4 heterocycles. The topological polar surface area (TPSA) is 94.0 Å². The Labute approximate surface area is 138 Å². The zero-order valence-corrected chi connectivity index (χ0v) is 13.1. The van der Waals surface area contributed by atoms with Gasteiger partial charge in [-0.25, -0.2) is 4.52 Å². The zero-order chi connectivity index (χ0) is 16.7. The van der Waals surface area contributed by atoms with E-state index in [1.165, 1.54) is 6.92 Å². The van der Waals surface area contributed by atoms with Gasteiger partial charge in [0, 0.05) is 13.1 Å². The molecule has 2 aromatic rings. The minimum absolute atomic E-state index is 0.119. The molecule has 8 nitrogen and oxygen atoms in total. The van der Waals surface area contributed by atoms with Gasteiger partial charge in [0.2, 0.25) is 5.91 Å². The van der Waals surface area contributed by atoms with Crippen molar-refractivity contribution in [1.82, 2.24) is 20.2 Å². The molecule has 4 rings (SSSR count). The van der Waals surface area contributed by atoms with Crippen LogP contribution in [0.2, 0.25) is 0 Å². The first kappa shape index (κ1) is 15.1. The molecule has 8 heteroatoms. The molecule has 2 aromatic heterocycles. The third kappa shape index (κ3) is 2.53. The summed E-state index contributed by atoms with van der Waals surface area (Å²) in [6.07, 6.45) is 1.14. The second-order valence-corrected chi connectivity index (χ2v) is 6.06. The molecule has 2 aliphatic rings. The highest BCUT2D eigenvalue weighted by atomic mass is 16.6. The van der Waals surface area contributed by atoms with Gasteiger partial charge in [-0.1, -0.05) is 0 Å². The summed E-state index contributed by atoms with van der Waals surface area (Å²) in [5.74, 6) is -0.347. The number of hydrogen-bond acceptors (Lipinski definition) is 5. The number of hydrogen-bond donors (Lipinski definition) is 2. The summed E-state index contributed by atoms with van der Waals surface area (Å²) in [5, 5.41) is 9.97. The molecule has 2 saturated heterocycles. The van der Waals surface area contributed by atoms with Crippen molar-refractivity contribution in [2.45, 2.75) is 31.2 Å². The number of amides is 2. The van der Waals surface area contributed by atoms with E-state index in [0.29, 0.717) is 18.9 Å². The maximum absolute atomic E-state index is 12.6. The number of rotatable bonds is 3. The van der Waals surface area contributed by atoms with Crippen LogP contribution in [0.1, 0.15) is 17.4 Å². The van der Waals surface area contributed by atoms with Crippen LogP contribution in [0, 0.1) is 0 Å². The highest BCUT2D eigenvalue weighted by Gasteiger charge is 2.48. The Balaban J connectivity index is 1.46. The Bertz CT molecular complexity index is 789. The predicted molar refractivity (Wildman–Crippen MR) is 83.5 cm³/mol. The molecule has 126 valence electrons. The van der Waals surface area contributed by atoms with E-state index < -0.39 is 0 Å². The highest BCUT2D eigenvalue weighted by Crippen LogP contribution is 2.27. The van der Waals surface area contributed by atoms with Gasteiger partial charge in [-0.3, -0.25) is 9.59 Å². The smallest absolute Gasteiger partial charge is 0.270 e. The summed E-state index contributed by atoms with van der Waals surface area (Å²) >= 11 is 0. The number of aromatic nitrogens is 2. The Morgan fingerprint density at radius 1 is 1.12 bits per heavy atom.